The first-order chi connectivity index (χ1) is 19.4. The van der Waals surface area contributed by atoms with Crippen molar-refractivity contribution in [2.24, 2.45) is 4.99 Å². The lowest BCUT2D eigenvalue weighted by atomic mass is 9.93. The van der Waals surface area contributed by atoms with E-state index in [0.29, 0.717) is 30.2 Å². The van der Waals surface area contributed by atoms with Crippen molar-refractivity contribution in [3.05, 3.63) is 88.1 Å². The Morgan fingerprint density at radius 3 is 2.75 bits per heavy atom. The Hall–Kier alpha value is -3.56. The van der Waals surface area contributed by atoms with Crippen molar-refractivity contribution in [2.75, 3.05) is 13.2 Å². The predicted octanol–water partition coefficient (Wildman–Crippen LogP) is 5.48. The quantitative estimate of drug-likeness (QED) is 0.385. The van der Waals surface area contributed by atoms with Gasteiger partial charge < -0.3 is 24.4 Å². The number of benzene rings is 2. The van der Waals surface area contributed by atoms with Crippen LogP contribution in [0.5, 0.6) is 5.75 Å². The number of carbonyl (C=O) groups is 2. The molecule has 2 atom stereocenters. The number of esters is 1. The van der Waals surface area contributed by atoms with E-state index < -0.39 is 12.0 Å². The van der Waals surface area contributed by atoms with Crippen LogP contribution >= 0.6 is 11.8 Å². The van der Waals surface area contributed by atoms with Crippen molar-refractivity contribution in [3.8, 4) is 5.75 Å². The summed E-state index contributed by atoms with van der Waals surface area (Å²) < 4.78 is 17.4. The number of nitrogens with zero attached hydrogens (tertiary/aromatic N) is 2. The van der Waals surface area contributed by atoms with Crippen LogP contribution in [0.3, 0.4) is 0 Å². The van der Waals surface area contributed by atoms with Crippen molar-refractivity contribution in [1.29, 1.82) is 0 Å². The van der Waals surface area contributed by atoms with Crippen LogP contribution < -0.4 is 10.1 Å². The van der Waals surface area contributed by atoms with E-state index >= 15 is 0 Å². The number of nitrogens with one attached hydrogen (secondary N) is 1. The maximum Gasteiger partial charge on any atom is 0.338 e. The summed E-state index contributed by atoms with van der Waals surface area (Å²) in [7, 11) is 0. The first-order valence-electron chi connectivity index (χ1n) is 13.7. The molecule has 3 aliphatic rings. The van der Waals surface area contributed by atoms with E-state index in [1.54, 1.807) is 0 Å². The van der Waals surface area contributed by atoms with Gasteiger partial charge >= 0.3 is 5.97 Å². The van der Waals surface area contributed by atoms with Crippen LogP contribution in [-0.4, -0.2) is 47.3 Å². The number of carbonyl (C=O) groups excluding carboxylic acids is 2. The summed E-state index contributed by atoms with van der Waals surface area (Å²) in [5.41, 5.74) is 3.73. The van der Waals surface area contributed by atoms with Crippen LogP contribution in [0.25, 0.3) is 0 Å². The second-order valence-electron chi connectivity index (χ2n) is 10.3. The minimum absolute atomic E-state index is 0.0670. The molecule has 2 aromatic carbocycles. The average molecular weight is 562 g/mol. The summed E-state index contributed by atoms with van der Waals surface area (Å²) in [5, 5.41) is 5.67. The number of aliphatic imine (C=N–C) groups is 1. The van der Waals surface area contributed by atoms with Gasteiger partial charge in [0.25, 0.3) is 0 Å². The van der Waals surface area contributed by atoms with Crippen LogP contribution in [0.2, 0.25) is 0 Å². The minimum atomic E-state index is -0.522. The Balaban J connectivity index is 1.41. The largest absolute Gasteiger partial charge is 0.489 e. The van der Waals surface area contributed by atoms with E-state index in [1.165, 1.54) is 11.8 Å². The molecule has 0 aromatic heterocycles. The molecule has 0 saturated carbocycles. The first-order valence-corrected chi connectivity index (χ1v) is 14.6. The summed E-state index contributed by atoms with van der Waals surface area (Å²) in [6.45, 7) is 7.15. The van der Waals surface area contributed by atoms with Crippen LogP contribution in [0, 0.1) is 0 Å². The number of amidine groups is 1. The van der Waals surface area contributed by atoms with Crippen molar-refractivity contribution in [3.63, 3.8) is 0 Å². The fourth-order valence-electron chi connectivity index (χ4n) is 5.00. The third-order valence-electron chi connectivity index (χ3n) is 6.88. The molecular formula is C31H35N3O5S. The van der Waals surface area contributed by atoms with Gasteiger partial charge in [-0.3, -0.25) is 4.79 Å². The second-order valence-corrected chi connectivity index (χ2v) is 11.1. The normalized spacial score (nSPS) is 20.2. The zero-order valence-corrected chi connectivity index (χ0v) is 23.9. The molecular weight excluding hydrogens is 526 g/mol. The minimum Gasteiger partial charge on any atom is -0.489 e. The van der Waals surface area contributed by atoms with Crippen LogP contribution in [-0.2, 0) is 25.7 Å². The summed E-state index contributed by atoms with van der Waals surface area (Å²) >= 11 is 1.45. The van der Waals surface area contributed by atoms with E-state index in [4.69, 9.17) is 19.2 Å². The third kappa shape index (κ3) is 6.59. The van der Waals surface area contributed by atoms with Gasteiger partial charge in [0.05, 0.1) is 35.9 Å². The van der Waals surface area contributed by atoms with Crippen molar-refractivity contribution >= 4 is 28.8 Å². The number of fused-ring (bicyclic) bond motifs is 1. The fraction of sp³-hybridized carbons (Fsp3) is 0.387. The summed E-state index contributed by atoms with van der Waals surface area (Å²) in [6.07, 6.45) is 1.92. The maximum atomic E-state index is 13.4. The lowest BCUT2D eigenvalue weighted by Gasteiger charge is -2.36. The SMILES string of the molecule is CC1=C(C(=O)OC(C)C)C(c2cccc(OCc3ccccc3)c2)N2C(CC(=O)NCC3CCCO3)=CSC2=N1. The Labute approximate surface area is 239 Å². The monoisotopic (exact) mass is 561 g/mol. The molecule has 5 rings (SSSR count). The molecule has 0 aliphatic carbocycles. The Morgan fingerprint density at radius 2 is 2.00 bits per heavy atom. The van der Waals surface area contributed by atoms with Gasteiger partial charge in [-0.05, 0) is 62.3 Å². The fourth-order valence-corrected chi connectivity index (χ4v) is 5.96. The van der Waals surface area contributed by atoms with Crippen molar-refractivity contribution in [2.45, 2.75) is 64.9 Å². The molecule has 0 spiro atoms. The summed E-state index contributed by atoms with van der Waals surface area (Å²) in [4.78, 5) is 33.1. The Kier molecular flexibility index (Phi) is 8.91. The summed E-state index contributed by atoms with van der Waals surface area (Å²) in [5.74, 6) is 0.168. The Bertz CT molecular complexity index is 1330. The highest BCUT2D eigenvalue weighted by atomic mass is 32.2. The third-order valence-corrected chi connectivity index (χ3v) is 7.77. The lowest BCUT2D eigenvalue weighted by Crippen LogP contribution is -2.39. The molecule has 1 amide bonds. The van der Waals surface area contributed by atoms with Crippen LogP contribution in [0.1, 0.15) is 57.2 Å². The molecule has 210 valence electrons. The highest BCUT2D eigenvalue weighted by Crippen LogP contribution is 2.45. The van der Waals surface area contributed by atoms with E-state index in [1.807, 2.05) is 85.7 Å². The van der Waals surface area contributed by atoms with Gasteiger partial charge in [0, 0.05) is 18.8 Å². The van der Waals surface area contributed by atoms with Crippen LogP contribution in [0.4, 0.5) is 0 Å². The average Bonchev–Trinajstić information content (AvgIpc) is 3.60. The first kappa shape index (κ1) is 28.0. The van der Waals surface area contributed by atoms with Gasteiger partial charge in [0.1, 0.15) is 12.4 Å². The smallest absolute Gasteiger partial charge is 0.338 e. The van der Waals surface area contributed by atoms with Crippen molar-refractivity contribution < 1.29 is 23.8 Å². The number of allylic oxidation sites excluding steroid dienone is 1. The maximum absolute atomic E-state index is 13.4. The van der Waals surface area contributed by atoms with Crippen molar-refractivity contribution in [1.82, 2.24) is 10.2 Å². The molecule has 40 heavy (non-hydrogen) atoms. The number of hydrogen-bond acceptors (Lipinski definition) is 8. The molecule has 9 heteroatoms. The molecule has 1 fully saturated rings. The van der Waals surface area contributed by atoms with E-state index in [9.17, 15) is 9.59 Å². The van der Waals surface area contributed by atoms with Gasteiger partial charge in [0.2, 0.25) is 5.91 Å². The standard InChI is InChI=1S/C31H35N3O5S/c1-20(2)39-30(36)28-21(3)33-31-34(24(19-40-31)16-27(35)32-17-26-13-8-14-37-26)29(28)23-11-7-12-25(15-23)38-18-22-9-5-4-6-10-22/h4-7,9-12,15,19-20,26,29H,8,13-14,16-18H2,1-3H3,(H,32,35). The van der Waals surface area contributed by atoms with Gasteiger partial charge in [-0.1, -0.05) is 54.2 Å². The van der Waals surface area contributed by atoms with Gasteiger partial charge in [-0.2, -0.15) is 0 Å². The Morgan fingerprint density at radius 1 is 1.18 bits per heavy atom. The molecule has 3 heterocycles. The highest BCUT2D eigenvalue weighted by molar-refractivity contribution is 8.16. The molecule has 2 aromatic rings. The topological polar surface area (TPSA) is 89.5 Å². The molecule has 0 bridgehead atoms. The number of hydrogen-bond donors (Lipinski definition) is 1. The predicted molar refractivity (Wildman–Crippen MR) is 155 cm³/mol. The molecule has 1 saturated heterocycles. The number of rotatable bonds is 10. The molecule has 2 unspecified atom stereocenters. The van der Waals surface area contributed by atoms with E-state index in [2.05, 4.69) is 5.32 Å². The second kappa shape index (κ2) is 12.7. The molecule has 0 radical (unpaired) electrons. The van der Waals surface area contributed by atoms with Gasteiger partial charge in [0.15, 0.2) is 5.17 Å². The molecule has 3 aliphatic heterocycles. The van der Waals surface area contributed by atoms with E-state index in [0.717, 1.165) is 41.4 Å². The zero-order valence-electron chi connectivity index (χ0n) is 23.1. The zero-order chi connectivity index (χ0) is 28.1. The molecule has 8 nitrogen and oxygen atoms in total. The van der Waals surface area contributed by atoms with E-state index in [-0.39, 0.29) is 24.5 Å². The lowest BCUT2D eigenvalue weighted by molar-refractivity contribution is -0.143. The number of amides is 1. The van der Waals surface area contributed by atoms with Gasteiger partial charge in [-0.25, -0.2) is 9.79 Å². The highest BCUT2D eigenvalue weighted by Gasteiger charge is 2.41. The van der Waals surface area contributed by atoms with Gasteiger partial charge in [-0.15, -0.1) is 0 Å². The number of ether oxygens (including phenoxy) is 3. The van der Waals surface area contributed by atoms with Crippen LogP contribution in [0.15, 0.2) is 82.0 Å². The molecule has 1 N–H and O–H groups in total. The summed E-state index contributed by atoms with van der Waals surface area (Å²) in [6, 6.07) is 17.2. The number of thioether (sulfide) groups is 1.